The summed E-state index contributed by atoms with van der Waals surface area (Å²) in [5.74, 6) is 7.59. The molecule has 0 spiro atoms. The van der Waals surface area contributed by atoms with Crippen LogP contribution in [-0.4, -0.2) is 5.75 Å². The third-order valence-electron chi connectivity index (χ3n) is 3.65. The number of halogens is 2. The van der Waals surface area contributed by atoms with Crippen molar-refractivity contribution >= 4 is 34.7 Å². The first-order valence-electron chi connectivity index (χ1n) is 6.77. The van der Waals surface area contributed by atoms with Gasteiger partial charge in [0.15, 0.2) is 0 Å². The Morgan fingerprint density at radius 2 is 2.29 bits per heavy atom. The van der Waals surface area contributed by atoms with E-state index in [1.165, 1.54) is 27.1 Å². The Hall–Kier alpha value is -0.590. The fourth-order valence-electron chi connectivity index (χ4n) is 2.51. The first-order valence-corrected chi connectivity index (χ1v) is 9.12. The lowest BCUT2D eigenvalue weighted by Crippen LogP contribution is -2.29. The van der Waals surface area contributed by atoms with Gasteiger partial charge in [0.1, 0.15) is 5.82 Å². The lowest BCUT2D eigenvalue weighted by Gasteiger charge is -2.15. The zero-order chi connectivity index (χ0) is 14.8. The summed E-state index contributed by atoms with van der Waals surface area (Å²) in [6.45, 7) is 0. The van der Waals surface area contributed by atoms with Crippen molar-refractivity contribution in [3.63, 3.8) is 0 Å². The highest BCUT2D eigenvalue weighted by molar-refractivity contribution is 7.98. The van der Waals surface area contributed by atoms with Gasteiger partial charge in [-0.2, -0.15) is 11.8 Å². The third kappa shape index (κ3) is 3.27. The highest BCUT2D eigenvalue weighted by atomic mass is 35.5. The van der Waals surface area contributed by atoms with E-state index in [4.69, 9.17) is 17.4 Å². The molecule has 1 unspecified atom stereocenters. The minimum atomic E-state index is -0.383. The van der Waals surface area contributed by atoms with Gasteiger partial charge in [-0.1, -0.05) is 23.7 Å². The Morgan fingerprint density at radius 3 is 3.05 bits per heavy atom. The van der Waals surface area contributed by atoms with E-state index in [2.05, 4.69) is 11.5 Å². The highest BCUT2D eigenvalue weighted by Crippen LogP contribution is 2.36. The molecular formula is C15H16ClFN2S2. The van der Waals surface area contributed by atoms with E-state index >= 15 is 0 Å². The van der Waals surface area contributed by atoms with Crippen LogP contribution in [0.25, 0.3) is 0 Å². The Kier molecular flexibility index (Phi) is 4.86. The molecule has 2 nitrogen and oxygen atoms in total. The van der Waals surface area contributed by atoms with Crippen LogP contribution in [0.5, 0.6) is 0 Å². The second-order valence-corrected chi connectivity index (χ2v) is 7.69. The summed E-state index contributed by atoms with van der Waals surface area (Å²) >= 11 is 9.81. The van der Waals surface area contributed by atoms with E-state index in [1.807, 2.05) is 17.8 Å². The van der Waals surface area contributed by atoms with E-state index in [0.29, 0.717) is 6.42 Å². The third-order valence-corrected chi connectivity index (χ3v) is 6.43. The van der Waals surface area contributed by atoms with Gasteiger partial charge in [0.05, 0.1) is 11.1 Å². The maximum absolute atomic E-state index is 13.5. The standard InChI is InChI=1S/C15H16ClFN2S2/c16-15-9(2-1-3-11(15)17)6-12(19-18)14-7-10-8-20-5-4-13(10)21-14/h1-3,7,12,19H,4-6,8,18H2. The van der Waals surface area contributed by atoms with E-state index in [1.54, 1.807) is 17.4 Å². The summed E-state index contributed by atoms with van der Waals surface area (Å²) < 4.78 is 13.5. The average Bonchev–Trinajstić information content (AvgIpc) is 2.92. The average molecular weight is 343 g/mol. The molecule has 2 aromatic rings. The summed E-state index contributed by atoms with van der Waals surface area (Å²) in [5, 5.41) is 0.189. The first-order chi connectivity index (χ1) is 10.2. The summed E-state index contributed by atoms with van der Waals surface area (Å²) in [6.07, 6.45) is 1.71. The van der Waals surface area contributed by atoms with Gasteiger partial charge in [-0.25, -0.2) is 4.39 Å². The molecule has 6 heteroatoms. The van der Waals surface area contributed by atoms with Crippen molar-refractivity contribution in [3.05, 3.63) is 56.0 Å². The van der Waals surface area contributed by atoms with Crippen LogP contribution in [0, 0.1) is 5.82 Å². The van der Waals surface area contributed by atoms with E-state index in [-0.39, 0.29) is 16.9 Å². The molecule has 1 aliphatic rings. The van der Waals surface area contributed by atoms with E-state index < -0.39 is 0 Å². The van der Waals surface area contributed by atoms with Crippen molar-refractivity contribution in [2.24, 2.45) is 5.84 Å². The van der Waals surface area contributed by atoms with Crippen molar-refractivity contribution < 1.29 is 4.39 Å². The number of benzene rings is 1. The highest BCUT2D eigenvalue weighted by Gasteiger charge is 2.20. The summed E-state index contributed by atoms with van der Waals surface area (Å²) in [5.41, 5.74) is 5.04. The molecule has 1 aromatic heterocycles. The smallest absolute Gasteiger partial charge is 0.142 e. The molecule has 1 aromatic carbocycles. The monoisotopic (exact) mass is 342 g/mol. The molecule has 0 radical (unpaired) electrons. The second-order valence-electron chi connectivity index (χ2n) is 5.04. The first kappa shape index (κ1) is 15.3. The number of hydrogen-bond donors (Lipinski definition) is 2. The van der Waals surface area contributed by atoms with Crippen LogP contribution in [0.15, 0.2) is 24.3 Å². The van der Waals surface area contributed by atoms with Crippen molar-refractivity contribution in [2.75, 3.05) is 5.75 Å². The van der Waals surface area contributed by atoms with Gasteiger partial charge >= 0.3 is 0 Å². The fraction of sp³-hybridized carbons (Fsp3) is 0.333. The molecule has 1 aliphatic heterocycles. The quantitative estimate of drug-likeness (QED) is 0.649. The summed E-state index contributed by atoms with van der Waals surface area (Å²) in [4.78, 5) is 2.65. The topological polar surface area (TPSA) is 38.0 Å². The number of rotatable bonds is 4. The Labute approximate surface area is 136 Å². The Bertz CT molecular complexity index is 621. The molecular weight excluding hydrogens is 327 g/mol. The molecule has 0 bridgehead atoms. The second kappa shape index (κ2) is 6.67. The zero-order valence-electron chi connectivity index (χ0n) is 11.4. The maximum Gasteiger partial charge on any atom is 0.142 e. The van der Waals surface area contributed by atoms with Crippen LogP contribution in [0.2, 0.25) is 5.02 Å². The van der Waals surface area contributed by atoms with Crippen LogP contribution in [0.1, 0.15) is 26.9 Å². The largest absolute Gasteiger partial charge is 0.271 e. The summed E-state index contributed by atoms with van der Waals surface area (Å²) in [6, 6.07) is 7.09. The van der Waals surface area contributed by atoms with Gasteiger partial charge in [-0.05, 0) is 41.9 Å². The predicted octanol–water partition coefficient (Wildman–Crippen LogP) is 4.08. The maximum atomic E-state index is 13.5. The molecule has 3 rings (SSSR count). The molecule has 0 amide bonds. The summed E-state index contributed by atoms with van der Waals surface area (Å²) in [7, 11) is 0. The van der Waals surface area contributed by atoms with Crippen molar-refractivity contribution in [2.45, 2.75) is 24.6 Å². The normalized spacial score (nSPS) is 15.8. The molecule has 1 atom stereocenters. The van der Waals surface area contributed by atoms with E-state index in [0.717, 1.165) is 17.7 Å². The number of thioether (sulfide) groups is 1. The van der Waals surface area contributed by atoms with Crippen molar-refractivity contribution in [1.82, 2.24) is 5.43 Å². The SMILES string of the molecule is NNC(Cc1cccc(F)c1Cl)c1cc2c(s1)CCSC2. The number of nitrogens with two attached hydrogens (primary N) is 1. The molecule has 21 heavy (non-hydrogen) atoms. The minimum Gasteiger partial charge on any atom is -0.271 e. The van der Waals surface area contributed by atoms with E-state index in [9.17, 15) is 4.39 Å². The fourth-order valence-corrected chi connectivity index (χ4v) is 5.15. The lowest BCUT2D eigenvalue weighted by molar-refractivity contribution is 0.556. The van der Waals surface area contributed by atoms with Gasteiger partial charge < -0.3 is 0 Å². The van der Waals surface area contributed by atoms with Gasteiger partial charge in [-0.15, -0.1) is 11.3 Å². The zero-order valence-corrected chi connectivity index (χ0v) is 13.8. The minimum absolute atomic E-state index is 0.0371. The Morgan fingerprint density at radius 1 is 1.43 bits per heavy atom. The molecule has 0 saturated heterocycles. The number of nitrogens with one attached hydrogen (secondary N) is 1. The van der Waals surface area contributed by atoms with Gasteiger partial charge in [-0.3, -0.25) is 11.3 Å². The molecule has 0 fully saturated rings. The predicted molar refractivity (Wildman–Crippen MR) is 89.4 cm³/mol. The van der Waals surface area contributed by atoms with Crippen molar-refractivity contribution in [3.8, 4) is 0 Å². The molecule has 2 heterocycles. The van der Waals surface area contributed by atoms with Crippen LogP contribution < -0.4 is 11.3 Å². The lowest BCUT2D eigenvalue weighted by atomic mass is 10.0. The number of hydrazine groups is 1. The van der Waals surface area contributed by atoms with Crippen LogP contribution in [0.3, 0.4) is 0 Å². The van der Waals surface area contributed by atoms with Crippen LogP contribution in [0.4, 0.5) is 4.39 Å². The number of aryl methyl sites for hydroxylation is 1. The number of hydrogen-bond acceptors (Lipinski definition) is 4. The number of fused-ring (bicyclic) bond motifs is 1. The molecule has 0 aliphatic carbocycles. The Balaban J connectivity index is 1.85. The van der Waals surface area contributed by atoms with Crippen LogP contribution >= 0.6 is 34.7 Å². The van der Waals surface area contributed by atoms with Gasteiger partial charge in [0.25, 0.3) is 0 Å². The van der Waals surface area contributed by atoms with Crippen molar-refractivity contribution in [1.29, 1.82) is 0 Å². The molecule has 0 saturated carbocycles. The van der Waals surface area contributed by atoms with Gasteiger partial charge in [0, 0.05) is 15.5 Å². The molecule has 3 N–H and O–H groups in total. The number of thiophene rings is 1. The van der Waals surface area contributed by atoms with Gasteiger partial charge in [0.2, 0.25) is 0 Å². The van der Waals surface area contributed by atoms with Crippen LogP contribution in [-0.2, 0) is 18.6 Å². The molecule has 112 valence electrons.